The molecule has 2 rings (SSSR count). The molecular weight excluding hydrogens is 296 g/mol. The first-order valence-corrected chi connectivity index (χ1v) is 5.62. The van der Waals surface area contributed by atoms with E-state index >= 15 is 0 Å². The van der Waals surface area contributed by atoms with Crippen molar-refractivity contribution in [2.24, 2.45) is 0 Å². The molecule has 0 aliphatic heterocycles. The van der Waals surface area contributed by atoms with Crippen LogP contribution in [0.1, 0.15) is 6.92 Å². The van der Waals surface area contributed by atoms with Crippen LogP contribution in [0, 0.1) is 0 Å². The van der Waals surface area contributed by atoms with Crippen molar-refractivity contribution in [3.8, 4) is 0 Å². The van der Waals surface area contributed by atoms with Crippen LogP contribution in [0.3, 0.4) is 0 Å². The van der Waals surface area contributed by atoms with Gasteiger partial charge in [-0.1, -0.05) is 15.9 Å². The molecule has 13 heavy (non-hydrogen) atoms. The zero-order chi connectivity index (χ0) is 9.42. The fourth-order valence-electron chi connectivity index (χ4n) is 1.35. The lowest BCUT2D eigenvalue weighted by atomic mass is 10.2. The van der Waals surface area contributed by atoms with E-state index in [1.807, 2.05) is 10.7 Å². The maximum absolute atomic E-state index is 4.36. The molecule has 1 heterocycles. The van der Waals surface area contributed by atoms with E-state index in [0.29, 0.717) is 0 Å². The summed E-state index contributed by atoms with van der Waals surface area (Å²) in [6.45, 7) is 2.97. The van der Waals surface area contributed by atoms with Crippen LogP contribution in [-0.4, -0.2) is 9.78 Å². The molecule has 0 unspecified atom stereocenters. The minimum absolute atomic E-state index is 0.887. The maximum atomic E-state index is 4.36. The summed E-state index contributed by atoms with van der Waals surface area (Å²) in [6.07, 6.45) is 0. The summed E-state index contributed by atoms with van der Waals surface area (Å²) in [5, 5.41) is 5.52. The van der Waals surface area contributed by atoms with Crippen molar-refractivity contribution in [1.29, 1.82) is 0 Å². The highest BCUT2D eigenvalue weighted by Crippen LogP contribution is 2.25. The SMILES string of the molecule is CCn1nc(Br)c2ccc(Br)cc21. The van der Waals surface area contributed by atoms with Gasteiger partial charge in [0, 0.05) is 16.4 Å². The van der Waals surface area contributed by atoms with Crippen LogP contribution < -0.4 is 0 Å². The molecule has 2 nitrogen and oxygen atoms in total. The van der Waals surface area contributed by atoms with Gasteiger partial charge in [-0.2, -0.15) is 5.10 Å². The van der Waals surface area contributed by atoms with E-state index in [1.54, 1.807) is 0 Å². The molecule has 0 aliphatic carbocycles. The number of hydrogen-bond donors (Lipinski definition) is 0. The van der Waals surface area contributed by atoms with Crippen LogP contribution in [0.4, 0.5) is 0 Å². The van der Waals surface area contributed by atoms with E-state index in [2.05, 4.69) is 56.0 Å². The Bertz CT molecular complexity index is 448. The van der Waals surface area contributed by atoms with Gasteiger partial charge in [-0.05, 0) is 41.1 Å². The van der Waals surface area contributed by atoms with Crippen molar-refractivity contribution in [3.05, 3.63) is 27.3 Å². The third-order valence-electron chi connectivity index (χ3n) is 1.97. The van der Waals surface area contributed by atoms with Crippen molar-refractivity contribution in [3.63, 3.8) is 0 Å². The summed E-state index contributed by atoms with van der Waals surface area (Å²) < 4.78 is 3.98. The smallest absolute Gasteiger partial charge is 0.135 e. The first-order chi connectivity index (χ1) is 6.22. The molecule has 0 aliphatic rings. The van der Waals surface area contributed by atoms with Gasteiger partial charge >= 0.3 is 0 Å². The molecule has 0 radical (unpaired) electrons. The van der Waals surface area contributed by atoms with Crippen LogP contribution in [-0.2, 0) is 6.54 Å². The standard InChI is InChI=1S/C9H8Br2N2/c1-2-13-8-5-6(10)3-4-7(8)9(11)12-13/h3-5H,2H2,1H3. The molecule has 0 bridgehead atoms. The van der Waals surface area contributed by atoms with Crippen LogP contribution in [0.5, 0.6) is 0 Å². The average molecular weight is 304 g/mol. The lowest BCUT2D eigenvalue weighted by Gasteiger charge is -1.97. The van der Waals surface area contributed by atoms with E-state index in [1.165, 1.54) is 0 Å². The van der Waals surface area contributed by atoms with Gasteiger partial charge in [-0.3, -0.25) is 4.68 Å². The second kappa shape index (κ2) is 3.42. The molecule has 1 aromatic heterocycles. The maximum Gasteiger partial charge on any atom is 0.135 e. The molecule has 0 N–H and O–H groups in total. The lowest BCUT2D eigenvalue weighted by molar-refractivity contribution is 0.678. The summed E-state index contributed by atoms with van der Waals surface area (Å²) >= 11 is 6.88. The molecule has 0 amide bonds. The molecular formula is C9H8Br2N2. The summed E-state index contributed by atoms with van der Waals surface area (Å²) in [4.78, 5) is 0. The summed E-state index contributed by atoms with van der Waals surface area (Å²) in [5.41, 5.74) is 1.16. The van der Waals surface area contributed by atoms with Gasteiger partial charge in [0.2, 0.25) is 0 Å². The zero-order valence-corrected chi connectivity index (χ0v) is 10.3. The average Bonchev–Trinajstić information content (AvgIpc) is 2.42. The highest BCUT2D eigenvalue weighted by atomic mass is 79.9. The summed E-state index contributed by atoms with van der Waals surface area (Å²) in [5.74, 6) is 0. The highest BCUT2D eigenvalue weighted by Gasteiger charge is 2.06. The number of aromatic nitrogens is 2. The Morgan fingerprint density at radius 1 is 1.38 bits per heavy atom. The minimum Gasteiger partial charge on any atom is -0.264 e. The van der Waals surface area contributed by atoms with Crippen LogP contribution >= 0.6 is 31.9 Å². The molecule has 0 atom stereocenters. The van der Waals surface area contributed by atoms with Gasteiger partial charge in [0.05, 0.1) is 5.52 Å². The second-order valence-electron chi connectivity index (χ2n) is 2.77. The Morgan fingerprint density at radius 2 is 2.15 bits per heavy atom. The summed E-state index contributed by atoms with van der Waals surface area (Å²) in [6, 6.07) is 6.16. The van der Waals surface area contributed by atoms with Crippen LogP contribution in [0.25, 0.3) is 10.9 Å². The van der Waals surface area contributed by atoms with Gasteiger partial charge in [0.15, 0.2) is 0 Å². The first kappa shape index (κ1) is 9.21. The van der Waals surface area contributed by atoms with E-state index < -0.39 is 0 Å². The number of aryl methyl sites for hydroxylation is 1. The van der Waals surface area contributed by atoms with Gasteiger partial charge in [-0.25, -0.2) is 0 Å². The predicted octanol–water partition coefficient (Wildman–Crippen LogP) is 3.58. The predicted molar refractivity (Wildman–Crippen MR) is 60.8 cm³/mol. The van der Waals surface area contributed by atoms with Gasteiger partial charge in [0.25, 0.3) is 0 Å². The number of benzene rings is 1. The third kappa shape index (κ3) is 1.53. The molecule has 4 heteroatoms. The van der Waals surface area contributed by atoms with E-state index in [9.17, 15) is 0 Å². The molecule has 1 aromatic carbocycles. The van der Waals surface area contributed by atoms with Gasteiger partial charge in [0.1, 0.15) is 4.60 Å². The summed E-state index contributed by atoms with van der Waals surface area (Å²) in [7, 11) is 0. The zero-order valence-electron chi connectivity index (χ0n) is 7.09. The number of rotatable bonds is 1. The molecule has 2 aromatic rings. The fraction of sp³-hybridized carbons (Fsp3) is 0.222. The van der Waals surface area contributed by atoms with Crippen molar-refractivity contribution in [2.45, 2.75) is 13.5 Å². The Kier molecular flexibility index (Phi) is 2.43. The van der Waals surface area contributed by atoms with Crippen molar-refractivity contribution in [1.82, 2.24) is 9.78 Å². The monoisotopic (exact) mass is 302 g/mol. The van der Waals surface area contributed by atoms with Crippen molar-refractivity contribution in [2.75, 3.05) is 0 Å². The highest BCUT2D eigenvalue weighted by molar-refractivity contribution is 9.10. The number of hydrogen-bond acceptors (Lipinski definition) is 1. The molecule has 0 saturated heterocycles. The quantitative estimate of drug-likeness (QED) is 0.787. The van der Waals surface area contributed by atoms with Crippen molar-refractivity contribution >= 4 is 42.8 Å². The van der Waals surface area contributed by atoms with Crippen LogP contribution in [0.2, 0.25) is 0 Å². The fourth-order valence-corrected chi connectivity index (χ4v) is 2.22. The third-order valence-corrected chi connectivity index (χ3v) is 3.05. The van der Waals surface area contributed by atoms with Crippen molar-refractivity contribution < 1.29 is 0 Å². The number of halogens is 2. The second-order valence-corrected chi connectivity index (χ2v) is 4.43. The van der Waals surface area contributed by atoms with E-state index in [4.69, 9.17) is 0 Å². The Hall–Kier alpha value is -0.350. The Morgan fingerprint density at radius 3 is 2.85 bits per heavy atom. The van der Waals surface area contributed by atoms with Gasteiger partial charge in [-0.15, -0.1) is 0 Å². The normalized spacial score (nSPS) is 11.0. The first-order valence-electron chi connectivity index (χ1n) is 4.04. The Balaban J connectivity index is 2.81. The molecule has 0 fully saturated rings. The van der Waals surface area contributed by atoms with Crippen LogP contribution in [0.15, 0.2) is 27.3 Å². The lowest BCUT2D eigenvalue weighted by Crippen LogP contribution is -1.95. The van der Waals surface area contributed by atoms with Gasteiger partial charge < -0.3 is 0 Å². The van der Waals surface area contributed by atoms with E-state index in [0.717, 1.165) is 26.5 Å². The molecule has 0 saturated carbocycles. The molecule has 0 spiro atoms. The number of nitrogens with zero attached hydrogens (tertiary/aromatic N) is 2. The molecule has 68 valence electrons. The Labute approximate surface area is 93.2 Å². The van der Waals surface area contributed by atoms with E-state index in [-0.39, 0.29) is 0 Å². The number of fused-ring (bicyclic) bond motifs is 1. The minimum atomic E-state index is 0.887. The largest absolute Gasteiger partial charge is 0.264 e. The topological polar surface area (TPSA) is 17.8 Å².